The molecule has 0 aliphatic carbocycles. The van der Waals surface area contributed by atoms with Crippen molar-refractivity contribution in [1.82, 2.24) is 14.8 Å². The maximum atomic E-state index is 6.18. The van der Waals surface area contributed by atoms with Crippen LogP contribution >= 0.6 is 0 Å². The number of nitrogens with zero attached hydrogens (tertiary/aromatic N) is 3. The fraction of sp³-hybridized carbons (Fsp3) is 0.524. The molecule has 5 heteroatoms. The van der Waals surface area contributed by atoms with E-state index in [1.165, 1.54) is 0 Å². The minimum atomic E-state index is 0.494. The third kappa shape index (κ3) is 4.15. The highest BCUT2D eigenvalue weighted by Gasteiger charge is 2.14. The van der Waals surface area contributed by atoms with Gasteiger partial charge in [-0.25, -0.2) is 4.98 Å². The number of hydrogen-bond acceptors (Lipinski definition) is 4. The highest BCUT2D eigenvalue weighted by Crippen LogP contribution is 2.30. The fourth-order valence-electron chi connectivity index (χ4n) is 3.09. The summed E-state index contributed by atoms with van der Waals surface area (Å²) in [7, 11) is 0. The lowest BCUT2D eigenvalue weighted by Crippen LogP contribution is -2.02. The van der Waals surface area contributed by atoms with Gasteiger partial charge in [0, 0.05) is 30.1 Å². The number of fused-ring (bicyclic) bond motifs is 3. The first kappa shape index (κ1) is 18.6. The van der Waals surface area contributed by atoms with Crippen LogP contribution in [-0.2, 0) is 17.9 Å². The monoisotopic (exact) mass is 354 g/mol. The SMILES string of the molecule is CC(C)CCOCc1cccc2nc(N)c3nn(CCC(C)C)cc3c12. The Morgan fingerprint density at radius 1 is 1.12 bits per heavy atom. The van der Waals surface area contributed by atoms with Crippen molar-refractivity contribution in [2.75, 3.05) is 12.3 Å². The molecular formula is C21H30N4O. The van der Waals surface area contributed by atoms with Crippen LogP contribution in [-0.4, -0.2) is 21.4 Å². The van der Waals surface area contributed by atoms with Gasteiger partial charge in [0.1, 0.15) is 5.52 Å². The molecule has 2 aromatic heterocycles. The molecule has 140 valence electrons. The molecule has 3 rings (SSSR count). The lowest BCUT2D eigenvalue weighted by molar-refractivity contribution is 0.111. The van der Waals surface area contributed by atoms with Gasteiger partial charge in [0.05, 0.1) is 12.1 Å². The summed E-state index contributed by atoms with van der Waals surface area (Å²) < 4.78 is 7.92. The Balaban J connectivity index is 1.96. The van der Waals surface area contributed by atoms with Crippen molar-refractivity contribution in [2.45, 2.75) is 53.7 Å². The number of hydrogen-bond donors (Lipinski definition) is 1. The third-order valence-corrected chi connectivity index (χ3v) is 4.68. The molecule has 26 heavy (non-hydrogen) atoms. The van der Waals surface area contributed by atoms with Crippen LogP contribution < -0.4 is 5.73 Å². The molecule has 0 radical (unpaired) electrons. The standard InChI is InChI=1S/C21H30N4O/c1-14(2)8-10-25-12-17-19-16(13-26-11-9-15(3)4)6-5-7-18(19)23-21(22)20(17)24-25/h5-7,12,14-15H,8-11,13H2,1-4H3,(H2,22,23). The predicted octanol–water partition coefficient (Wildman–Crippen LogP) is 4.78. The molecule has 0 atom stereocenters. The average molecular weight is 354 g/mol. The number of aromatic nitrogens is 3. The van der Waals surface area contributed by atoms with Crippen LogP contribution in [0, 0.1) is 11.8 Å². The van der Waals surface area contributed by atoms with E-state index < -0.39 is 0 Å². The molecule has 1 aromatic carbocycles. The Bertz CT molecular complexity index is 882. The summed E-state index contributed by atoms with van der Waals surface area (Å²) in [4.78, 5) is 4.58. The molecule has 0 saturated carbocycles. The summed E-state index contributed by atoms with van der Waals surface area (Å²) in [6, 6.07) is 6.14. The molecule has 5 nitrogen and oxygen atoms in total. The number of benzene rings is 1. The normalized spacial score (nSPS) is 12.1. The van der Waals surface area contributed by atoms with Crippen LogP contribution in [0.4, 0.5) is 5.82 Å². The summed E-state index contributed by atoms with van der Waals surface area (Å²) >= 11 is 0. The molecule has 0 saturated heterocycles. The summed E-state index contributed by atoms with van der Waals surface area (Å²) in [6.45, 7) is 11.1. The van der Waals surface area contributed by atoms with Gasteiger partial charge in [0.25, 0.3) is 0 Å². The van der Waals surface area contributed by atoms with Gasteiger partial charge in [-0.15, -0.1) is 0 Å². The second-order valence-electron chi connectivity index (χ2n) is 7.88. The molecule has 2 heterocycles. The third-order valence-electron chi connectivity index (χ3n) is 4.68. The largest absolute Gasteiger partial charge is 0.382 e. The van der Waals surface area contributed by atoms with E-state index in [9.17, 15) is 0 Å². The van der Waals surface area contributed by atoms with E-state index in [0.717, 1.165) is 53.4 Å². The van der Waals surface area contributed by atoms with Gasteiger partial charge in [-0.2, -0.15) is 5.10 Å². The number of ether oxygens (including phenoxy) is 1. The summed E-state index contributed by atoms with van der Waals surface area (Å²) in [5, 5.41) is 6.86. The topological polar surface area (TPSA) is 66.0 Å². The van der Waals surface area contributed by atoms with Crippen LogP contribution in [0.15, 0.2) is 24.4 Å². The van der Waals surface area contributed by atoms with Gasteiger partial charge < -0.3 is 10.5 Å². The summed E-state index contributed by atoms with van der Waals surface area (Å²) in [5.41, 5.74) is 9.02. The summed E-state index contributed by atoms with van der Waals surface area (Å²) in [6.07, 6.45) is 4.26. The maximum absolute atomic E-state index is 6.18. The molecule has 0 bridgehead atoms. The maximum Gasteiger partial charge on any atom is 0.152 e. The summed E-state index contributed by atoms with van der Waals surface area (Å²) in [5.74, 6) is 1.78. The van der Waals surface area contributed by atoms with Gasteiger partial charge in [-0.05, 0) is 36.3 Å². The Morgan fingerprint density at radius 3 is 2.62 bits per heavy atom. The van der Waals surface area contributed by atoms with Crippen molar-refractivity contribution in [1.29, 1.82) is 0 Å². The number of nitrogen functional groups attached to an aromatic ring is 1. The smallest absolute Gasteiger partial charge is 0.152 e. The molecule has 3 aromatic rings. The van der Waals surface area contributed by atoms with Crippen LogP contribution in [0.25, 0.3) is 21.8 Å². The number of rotatable bonds is 8. The van der Waals surface area contributed by atoms with Crippen molar-refractivity contribution in [3.8, 4) is 0 Å². The first-order valence-electron chi connectivity index (χ1n) is 9.57. The van der Waals surface area contributed by atoms with Crippen molar-refractivity contribution in [3.05, 3.63) is 30.0 Å². The molecule has 0 spiro atoms. The van der Waals surface area contributed by atoms with E-state index >= 15 is 0 Å². The minimum Gasteiger partial charge on any atom is -0.382 e. The lowest BCUT2D eigenvalue weighted by atomic mass is 10.1. The van der Waals surface area contributed by atoms with Crippen molar-refractivity contribution < 1.29 is 4.74 Å². The molecule has 0 aliphatic rings. The Labute approximate surface area is 155 Å². The molecule has 2 N–H and O–H groups in total. The van der Waals surface area contributed by atoms with E-state index in [-0.39, 0.29) is 0 Å². The first-order valence-corrected chi connectivity index (χ1v) is 9.57. The van der Waals surface area contributed by atoms with Crippen LogP contribution in [0.3, 0.4) is 0 Å². The predicted molar refractivity (Wildman–Crippen MR) is 108 cm³/mol. The average Bonchev–Trinajstić information content (AvgIpc) is 3.01. The number of pyridine rings is 1. The molecule has 0 unspecified atom stereocenters. The first-order chi connectivity index (χ1) is 12.5. The van der Waals surface area contributed by atoms with E-state index in [0.29, 0.717) is 24.3 Å². The number of anilines is 1. The van der Waals surface area contributed by atoms with Crippen molar-refractivity contribution in [3.63, 3.8) is 0 Å². The van der Waals surface area contributed by atoms with E-state index in [4.69, 9.17) is 10.5 Å². The van der Waals surface area contributed by atoms with Gasteiger partial charge in [0.15, 0.2) is 5.82 Å². The van der Waals surface area contributed by atoms with E-state index in [1.54, 1.807) is 0 Å². The van der Waals surface area contributed by atoms with Crippen molar-refractivity contribution in [2.24, 2.45) is 11.8 Å². The Morgan fingerprint density at radius 2 is 1.88 bits per heavy atom. The molecule has 0 amide bonds. The molecular weight excluding hydrogens is 324 g/mol. The van der Waals surface area contributed by atoms with Crippen LogP contribution in [0.5, 0.6) is 0 Å². The van der Waals surface area contributed by atoms with Crippen LogP contribution in [0.2, 0.25) is 0 Å². The zero-order valence-electron chi connectivity index (χ0n) is 16.3. The van der Waals surface area contributed by atoms with Gasteiger partial charge >= 0.3 is 0 Å². The second-order valence-corrected chi connectivity index (χ2v) is 7.88. The van der Waals surface area contributed by atoms with Crippen LogP contribution in [0.1, 0.15) is 46.1 Å². The van der Waals surface area contributed by atoms with E-state index in [1.807, 2.05) is 16.8 Å². The zero-order valence-corrected chi connectivity index (χ0v) is 16.3. The highest BCUT2D eigenvalue weighted by atomic mass is 16.5. The molecule has 0 aliphatic heterocycles. The van der Waals surface area contributed by atoms with Gasteiger partial charge in [-0.1, -0.05) is 39.8 Å². The minimum absolute atomic E-state index is 0.494. The Hall–Kier alpha value is -2.14. The van der Waals surface area contributed by atoms with E-state index in [2.05, 4.69) is 50.0 Å². The zero-order chi connectivity index (χ0) is 18.7. The Kier molecular flexibility index (Phi) is 5.77. The second kappa shape index (κ2) is 8.04. The quantitative estimate of drug-likeness (QED) is 0.591. The highest BCUT2D eigenvalue weighted by molar-refractivity contribution is 6.09. The van der Waals surface area contributed by atoms with Gasteiger partial charge in [0.2, 0.25) is 0 Å². The lowest BCUT2D eigenvalue weighted by Gasteiger charge is -2.10. The number of aryl methyl sites for hydroxylation is 1. The van der Waals surface area contributed by atoms with Gasteiger partial charge in [-0.3, -0.25) is 4.68 Å². The fourth-order valence-corrected chi connectivity index (χ4v) is 3.09. The van der Waals surface area contributed by atoms with Crippen molar-refractivity contribution >= 4 is 27.6 Å². The molecule has 0 fully saturated rings. The number of nitrogens with two attached hydrogens (primary N) is 1.